The molecule has 0 fully saturated rings. The highest BCUT2D eigenvalue weighted by Gasteiger charge is 2.07. The standard InChI is InChI=1S/C15H20N2O3/c1-10-6-12(11(2)16)4-5-15(10)19-8-13-7-14(9-18-3)20-17-13/h4-7,11H,8-9,16H2,1-3H3/t11-/m0/s1. The van der Waals surface area contributed by atoms with Gasteiger partial charge in [0.2, 0.25) is 0 Å². The minimum absolute atomic E-state index is 0.0230. The van der Waals surface area contributed by atoms with E-state index in [0.717, 1.165) is 22.6 Å². The van der Waals surface area contributed by atoms with E-state index < -0.39 is 0 Å². The van der Waals surface area contributed by atoms with Crippen LogP contribution in [0.15, 0.2) is 28.8 Å². The van der Waals surface area contributed by atoms with Crippen LogP contribution in [-0.2, 0) is 18.0 Å². The van der Waals surface area contributed by atoms with Crippen LogP contribution in [0.5, 0.6) is 5.75 Å². The van der Waals surface area contributed by atoms with E-state index in [0.29, 0.717) is 19.0 Å². The smallest absolute Gasteiger partial charge is 0.162 e. The molecule has 0 saturated heterocycles. The Kier molecular flexibility index (Phi) is 4.76. The van der Waals surface area contributed by atoms with Crippen molar-refractivity contribution in [1.82, 2.24) is 5.16 Å². The van der Waals surface area contributed by atoms with Crippen LogP contribution in [0, 0.1) is 6.92 Å². The Morgan fingerprint density at radius 2 is 2.10 bits per heavy atom. The fourth-order valence-corrected chi connectivity index (χ4v) is 1.90. The molecule has 20 heavy (non-hydrogen) atoms. The van der Waals surface area contributed by atoms with Gasteiger partial charge in [0, 0.05) is 19.2 Å². The van der Waals surface area contributed by atoms with E-state index in [1.54, 1.807) is 7.11 Å². The van der Waals surface area contributed by atoms with Crippen LogP contribution in [0.25, 0.3) is 0 Å². The third-order valence-corrected chi connectivity index (χ3v) is 2.99. The summed E-state index contributed by atoms with van der Waals surface area (Å²) in [4.78, 5) is 0. The van der Waals surface area contributed by atoms with Gasteiger partial charge in [-0.05, 0) is 31.0 Å². The fourth-order valence-electron chi connectivity index (χ4n) is 1.90. The maximum absolute atomic E-state index is 5.85. The molecule has 1 atom stereocenters. The van der Waals surface area contributed by atoms with Crippen LogP contribution >= 0.6 is 0 Å². The van der Waals surface area contributed by atoms with Crippen LogP contribution in [0.3, 0.4) is 0 Å². The van der Waals surface area contributed by atoms with Crippen molar-refractivity contribution >= 4 is 0 Å². The predicted molar refractivity (Wildman–Crippen MR) is 75.3 cm³/mol. The minimum Gasteiger partial charge on any atom is -0.487 e. The summed E-state index contributed by atoms with van der Waals surface area (Å²) in [7, 11) is 1.61. The fraction of sp³-hybridized carbons (Fsp3) is 0.400. The quantitative estimate of drug-likeness (QED) is 0.878. The first-order chi connectivity index (χ1) is 9.60. The van der Waals surface area contributed by atoms with E-state index in [4.69, 9.17) is 19.7 Å². The molecule has 108 valence electrons. The van der Waals surface area contributed by atoms with Gasteiger partial charge in [0.15, 0.2) is 5.76 Å². The average molecular weight is 276 g/mol. The molecule has 1 heterocycles. The normalized spacial score (nSPS) is 12.4. The highest BCUT2D eigenvalue weighted by Crippen LogP contribution is 2.22. The van der Waals surface area contributed by atoms with Crippen LogP contribution < -0.4 is 10.5 Å². The lowest BCUT2D eigenvalue weighted by atomic mass is 10.1. The Morgan fingerprint density at radius 1 is 1.30 bits per heavy atom. The van der Waals surface area contributed by atoms with E-state index in [1.807, 2.05) is 38.1 Å². The number of aromatic nitrogens is 1. The van der Waals surface area contributed by atoms with Crippen molar-refractivity contribution in [3.63, 3.8) is 0 Å². The van der Waals surface area contributed by atoms with Crippen LogP contribution in [0.2, 0.25) is 0 Å². The number of nitrogens with two attached hydrogens (primary N) is 1. The van der Waals surface area contributed by atoms with Gasteiger partial charge < -0.3 is 19.7 Å². The zero-order chi connectivity index (χ0) is 14.5. The van der Waals surface area contributed by atoms with E-state index in [2.05, 4.69) is 5.16 Å². The third kappa shape index (κ3) is 3.59. The molecule has 2 N–H and O–H groups in total. The number of hydrogen-bond acceptors (Lipinski definition) is 5. The van der Waals surface area contributed by atoms with Crippen molar-refractivity contribution in [3.05, 3.63) is 46.8 Å². The van der Waals surface area contributed by atoms with Gasteiger partial charge in [-0.2, -0.15) is 0 Å². The molecule has 0 aliphatic carbocycles. The van der Waals surface area contributed by atoms with E-state index in [1.165, 1.54) is 0 Å². The maximum Gasteiger partial charge on any atom is 0.162 e. The van der Waals surface area contributed by atoms with E-state index in [9.17, 15) is 0 Å². The summed E-state index contributed by atoms with van der Waals surface area (Å²) in [6.45, 7) is 4.74. The average Bonchev–Trinajstić information content (AvgIpc) is 2.85. The van der Waals surface area contributed by atoms with Crippen molar-refractivity contribution in [1.29, 1.82) is 0 Å². The molecule has 0 aliphatic rings. The van der Waals surface area contributed by atoms with Gasteiger partial charge in [-0.25, -0.2) is 0 Å². The molecule has 0 unspecified atom stereocenters. The molecule has 0 saturated carbocycles. The predicted octanol–water partition coefficient (Wildman–Crippen LogP) is 2.73. The first kappa shape index (κ1) is 14.6. The number of aryl methyl sites for hydroxylation is 1. The number of rotatable bonds is 6. The second-order valence-corrected chi connectivity index (χ2v) is 4.82. The molecule has 0 bridgehead atoms. The summed E-state index contributed by atoms with van der Waals surface area (Å²) in [6.07, 6.45) is 0. The zero-order valence-corrected chi connectivity index (χ0v) is 12.1. The molecule has 1 aromatic heterocycles. The Balaban J connectivity index is 1.99. The molecular formula is C15H20N2O3. The molecule has 5 heteroatoms. The summed E-state index contributed by atoms with van der Waals surface area (Å²) < 4.78 is 15.8. The lowest BCUT2D eigenvalue weighted by Gasteiger charge is -2.11. The molecule has 2 rings (SSSR count). The topological polar surface area (TPSA) is 70.5 Å². The second-order valence-electron chi connectivity index (χ2n) is 4.82. The van der Waals surface area contributed by atoms with Crippen LogP contribution in [0.1, 0.15) is 35.5 Å². The van der Waals surface area contributed by atoms with E-state index >= 15 is 0 Å². The molecule has 0 amide bonds. The van der Waals surface area contributed by atoms with Crippen molar-refractivity contribution in [3.8, 4) is 5.75 Å². The number of hydrogen-bond donors (Lipinski definition) is 1. The number of ether oxygens (including phenoxy) is 2. The van der Waals surface area contributed by atoms with Gasteiger partial charge in [-0.3, -0.25) is 0 Å². The van der Waals surface area contributed by atoms with Gasteiger partial charge in [-0.1, -0.05) is 17.3 Å². The molecule has 0 aliphatic heterocycles. The summed E-state index contributed by atoms with van der Waals surface area (Å²) in [5.74, 6) is 1.51. The number of nitrogens with zero attached hydrogens (tertiary/aromatic N) is 1. The van der Waals surface area contributed by atoms with Crippen molar-refractivity contribution < 1.29 is 14.0 Å². The summed E-state index contributed by atoms with van der Waals surface area (Å²) in [5, 5.41) is 3.93. The van der Waals surface area contributed by atoms with Crippen molar-refractivity contribution in [2.24, 2.45) is 5.73 Å². The minimum atomic E-state index is 0.0230. The summed E-state index contributed by atoms with van der Waals surface area (Å²) >= 11 is 0. The van der Waals surface area contributed by atoms with Gasteiger partial charge in [0.1, 0.15) is 24.7 Å². The Bertz CT molecular complexity index is 564. The van der Waals surface area contributed by atoms with Gasteiger partial charge in [0.05, 0.1) is 0 Å². The molecule has 1 aromatic carbocycles. The zero-order valence-electron chi connectivity index (χ0n) is 12.1. The maximum atomic E-state index is 5.85. The monoisotopic (exact) mass is 276 g/mol. The lowest BCUT2D eigenvalue weighted by molar-refractivity contribution is 0.155. The summed E-state index contributed by atoms with van der Waals surface area (Å²) in [6, 6.07) is 7.81. The second kappa shape index (κ2) is 6.54. The third-order valence-electron chi connectivity index (χ3n) is 2.99. The molecule has 0 spiro atoms. The van der Waals surface area contributed by atoms with Gasteiger partial charge in [0.25, 0.3) is 0 Å². The van der Waals surface area contributed by atoms with Crippen molar-refractivity contribution in [2.75, 3.05) is 7.11 Å². The Hall–Kier alpha value is -1.85. The lowest BCUT2D eigenvalue weighted by Crippen LogP contribution is -2.05. The highest BCUT2D eigenvalue weighted by atomic mass is 16.5. The molecule has 0 radical (unpaired) electrons. The van der Waals surface area contributed by atoms with E-state index in [-0.39, 0.29) is 6.04 Å². The van der Waals surface area contributed by atoms with Crippen LogP contribution in [0.4, 0.5) is 0 Å². The van der Waals surface area contributed by atoms with Crippen LogP contribution in [-0.4, -0.2) is 12.3 Å². The Morgan fingerprint density at radius 3 is 2.75 bits per heavy atom. The summed E-state index contributed by atoms with van der Waals surface area (Å²) in [5.41, 5.74) is 8.75. The first-order valence-electron chi connectivity index (χ1n) is 6.52. The molecule has 2 aromatic rings. The molecule has 5 nitrogen and oxygen atoms in total. The van der Waals surface area contributed by atoms with Crippen molar-refractivity contribution in [2.45, 2.75) is 33.1 Å². The Labute approximate surface area is 118 Å². The number of methoxy groups -OCH3 is 1. The van der Waals surface area contributed by atoms with Gasteiger partial charge in [-0.15, -0.1) is 0 Å². The first-order valence-corrected chi connectivity index (χ1v) is 6.52. The number of benzene rings is 1. The highest BCUT2D eigenvalue weighted by molar-refractivity contribution is 5.37. The van der Waals surface area contributed by atoms with Gasteiger partial charge >= 0.3 is 0 Å². The molecular weight excluding hydrogens is 256 g/mol. The SMILES string of the molecule is COCc1cc(COc2ccc([C@H](C)N)cc2C)no1. The largest absolute Gasteiger partial charge is 0.487 e.